The fourth-order valence-corrected chi connectivity index (χ4v) is 4.97. The highest BCUT2D eigenvalue weighted by atomic mass is 16.2. The quantitative estimate of drug-likeness (QED) is 0.405. The molecule has 5 rings (SSSR count). The van der Waals surface area contributed by atoms with Gasteiger partial charge in [0.05, 0.1) is 5.56 Å². The van der Waals surface area contributed by atoms with E-state index in [9.17, 15) is 4.79 Å². The third kappa shape index (κ3) is 3.76. The monoisotopic (exact) mass is 408 g/mol. The van der Waals surface area contributed by atoms with Crippen LogP contribution >= 0.6 is 0 Å². The highest BCUT2D eigenvalue weighted by Crippen LogP contribution is 2.32. The number of amides is 1. The Balaban J connectivity index is 1.42. The molecule has 0 saturated carbocycles. The summed E-state index contributed by atoms with van der Waals surface area (Å²) in [6.45, 7) is 4.50. The first-order valence-electron chi connectivity index (χ1n) is 11.2. The van der Waals surface area contributed by atoms with Crippen LogP contribution in [0.2, 0.25) is 0 Å². The summed E-state index contributed by atoms with van der Waals surface area (Å²) < 4.78 is 2.29. The van der Waals surface area contributed by atoms with E-state index in [-0.39, 0.29) is 5.91 Å². The second-order valence-electron chi connectivity index (χ2n) is 8.53. The number of fused-ring (bicyclic) bond motifs is 1. The fourth-order valence-electron chi connectivity index (χ4n) is 4.97. The third-order valence-electron chi connectivity index (χ3n) is 6.68. The minimum absolute atomic E-state index is 0.173. The maximum absolute atomic E-state index is 13.7. The predicted octanol–water partition coefficient (Wildman–Crippen LogP) is 6.02. The normalized spacial score (nSPS) is 14.8. The van der Waals surface area contributed by atoms with Crippen LogP contribution in [0.3, 0.4) is 0 Å². The van der Waals surface area contributed by atoms with E-state index in [1.165, 1.54) is 11.1 Å². The number of piperidine rings is 1. The first-order chi connectivity index (χ1) is 15.2. The van der Waals surface area contributed by atoms with Gasteiger partial charge in [-0.15, -0.1) is 0 Å². The number of para-hydroxylation sites is 1. The van der Waals surface area contributed by atoms with Crippen LogP contribution in [0.15, 0.2) is 84.9 Å². The van der Waals surface area contributed by atoms with Gasteiger partial charge in [-0.2, -0.15) is 0 Å². The Labute approximate surface area is 183 Å². The second-order valence-corrected chi connectivity index (χ2v) is 8.53. The Morgan fingerprint density at radius 1 is 0.839 bits per heavy atom. The number of hydrogen-bond donors (Lipinski definition) is 0. The zero-order valence-corrected chi connectivity index (χ0v) is 18.0. The van der Waals surface area contributed by atoms with Gasteiger partial charge in [0.25, 0.3) is 5.91 Å². The van der Waals surface area contributed by atoms with Gasteiger partial charge in [0, 0.05) is 36.2 Å². The molecule has 3 heteroatoms. The molecular formula is C28H28N2O. The molecule has 1 saturated heterocycles. The lowest BCUT2D eigenvalue weighted by Crippen LogP contribution is -2.38. The summed E-state index contributed by atoms with van der Waals surface area (Å²) in [6, 6.07) is 29.5. The van der Waals surface area contributed by atoms with Crippen LogP contribution in [0, 0.1) is 6.92 Å². The molecule has 3 aromatic carbocycles. The summed E-state index contributed by atoms with van der Waals surface area (Å²) in [7, 11) is 0. The molecule has 156 valence electrons. The number of nitrogens with zero attached hydrogens (tertiary/aromatic N) is 2. The number of carbonyl (C=O) groups is 1. The van der Waals surface area contributed by atoms with Crippen LogP contribution in [-0.4, -0.2) is 28.5 Å². The van der Waals surface area contributed by atoms with E-state index in [1.807, 2.05) is 12.1 Å². The van der Waals surface area contributed by atoms with Crippen LogP contribution in [-0.2, 0) is 6.54 Å². The van der Waals surface area contributed by atoms with E-state index in [1.54, 1.807) is 0 Å². The molecule has 1 amide bonds. The van der Waals surface area contributed by atoms with Gasteiger partial charge in [-0.3, -0.25) is 4.79 Å². The van der Waals surface area contributed by atoms with Crippen molar-refractivity contribution in [2.45, 2.75) is 32.2 Å². The molecule has 31 heavy (non-hydrogen) atoms. The Bertz CT molecular complexity index is 1190. The van der Waals surface area contributed by atoms with Crippen molar-refractivity contribution in [2.75, 3.05) is 13.1 Å². The lowest BCUT2D eigenvalue weighted by atomic mass is 9.89. The number of likely N-dealkylation sites (tertiary alicyclic amines) is 1. The molecule has 1 aliphatic heterocycles. The van der Waals surface area contributed by atoms with Crippen molar-refractivity contribution in [3.8, 4) is 0 Å². The molecule has 4 aromatic rings. The molecule has 1 aliphatic rings. The van der Waals surface area contributed by atoms with Crippen molar-refractivity contribution >= 4 is 16.8 Å². The van der Waals surface area contributed by atoms with Crippen LogP contribution in [0.4, 0.5) is 0 Å². The Morgan fingerprint density at radius 2 is 1.45 bits per heavy atom. The van der Waals surface area contributed by atoms with Crippen LogP contribution in [0.25, 0.3) is 10.9 Å². The van der Waals surface area contributed by atoms with Crippen molar-refractivity contribution in [1.29, 1.82) is 0 Å². The van der Waals surface area contributed by atoms with Crippen molar-refractivity contribution in [1.82, 2.24) is 9.47 Å². The summed E-state index contributed by atoms with van der Waals surface area (Å²) in [5, 5.41) is 1.06. The minimum atomic E-state index is 0.173. The fraction of sp³-hybridized carbons (Fsp3) is 0.250. The average molecular weight is 409 g/mol. The highest BCUT2D eigenvalue weighted by molar-refractivity contribution is 6.08. The number of carbonyl (C=O) groups excluding carboxylic acids is 1. The largest absolute Gasteiger partial charge is 0.340 e. The van der Waals surface area contributed by atoms with Gasteiger partial charge in [-0.1, -0.05) is 78.9 Å². The molecule has 2 heterocycles. The van der Waals surface area contributed by atoms with Crippen LogP contribution < -0.4 is 0 Å². The average Bonchev–Trinajstić information content (AvgIpc) is 3.11. The predicted molar refractivity (Wildman–Crippen MR) is 127 cm³/mol. The first-order valence-corrected chi connectivity index (χ1v) is 11.2. The molecule has 1 aromatic heterocycles. The lowest BCUT2D eigenvalue weighted by Gasteiger charge is -2.32. The van der Waals surface area contributed by atoms with E-state index < -0.39 is 0 Å². The molecule has 0 N–H and O–H groups in total. The minimum Gasteiger partial charge on any atom is -0.340 e. The lowest BCUT2D eigenvalue weighted by molar-refractivity contribution is 0.0714. The SMILES string of the molecule is Cc1c(C(=O)N2CCC(c3ccccc3)CC2)c2ccccc2n1Cc1ccccc1. The Morgan fingerprint density at radius 3 is 2.16 bits per heavy atom. The standard InChI is InChI=1S/C28H28N2O/c1-21-27(28(31)29-18-16-24(17-19-29)23-12-6-3-7-13-23)25-14-8-9-15-26(25)30(21)20-22-10-4-2-5-11-22/h2-15,24H,16-20H2,1H3. The molecule has 0 spiro atoms. The molecule has 0 unspecified atom stereocenters. The van der Waals surface area contributed by atoms with Gasteiger partial charge in [0.1, 0.15) is 0 Å². The zero-order valence-electron chi connectivity index (χ0n) is 18.0. The number of aromatic nitrogens is 1. The van der Waals surface area contributed by atoms with Gasteiger partial charge in [-0.25, -0.2) is 0 Å². The van der Waals surface area contributed by atoms with E-state index in [2.05, 4.69) is 89.2 Å². The number of rotatable bonds is 4. The molecule has 0 aliphatic carbocycles. The van der Waals surface area contributed by atoms with Crippen LogP contribution in [0.1, 0.15) is 45.9 Å². The summed E-state index contributed by atoms with van der Waals surface area (Å²) in [5.41, 5.74) is 5.69. The van der Waals surface area contributed by atoms with Crippen molar-refractivity contribution < 1.29 is 4.79 Å². The Hall–Kier alpha value is -3.33. The summed E-state index contributed by atoms with van der Waals surface area (Å²) in [6.07, 6.45) is 2.05. The molecule has 0 atom stereocenters. The van der Waals surface area contributed by atoms with Crippen molar-refractivity contribution in [2.24, 2.45) is 0 Å². The molecular weight excluding hydrogens is 380 g/mol. The van der Waals surface area contributed by atoms with Crippen molar-refractivity contribution in [3.63, 3.8) is 0 Å². The van der Waals surface area contributed by atoms with Gasteiger partial charge in [0.15, 0.2) is 0 Å². The van der Waals surface area contributed by atoms with E-state index in [0.717, 1.165) is 54.6 Å². The first kappa shape index (κ1) is 19.6. The second kappa shape index (κ2) is 8.43. The van der Waals surface area contributed by atoms with E-state index in [0.29, 0.717) is 5.92 Å². The van der Waals surface area contributed by atoms with Crippen LogP contribution in [0.5, 0.6) is 0 Å². The van der Waals surface area contributed by atoms with Gasteiger partial charge < -0.3 is 9.47 Å². The smallest absolute Gasteiger partial charge is 0.256 e. The maximum Gasteiger partial charge on any atom is 0.256 e. The molecule has 0 bridgehead atoms. The van der Waals surface area contributed by atoms with Gasteiger partial charge in [-0.05, 0) is 42.9 Å². The third-order valence-corrected chi connectivity index (χ3v) is 6.68. The summed E-state index contributed by atoms with van der Waals surface area (Å²) >= 11 is 0. The molecule has 1 fully saturated rings. The van der Waals surface area contributed by atoms with E-state index in [4.69, 9.17) is 0 Å². The maximum atomic E-state index is 13.7. The summed E-state index contributed by atoms with van der Waals surface area (Å²) in [5.74, 6) is 0.720. The number of hydrogen-bond acceptors (Lipinski definition) is 1. The van der Waals surface area contributed by atoms with Crippen molar-refractivity contribution in [3.05, 3.63) is 107 Å². The van der Waals surface area contributed by atoms with Gasteiger partial charge in [0.2, 0.25) is 0 Å². The topological polar surface area (TPSA) is 25.2 Å². The highest BCUT2D eigenvalue weighted by Gasteiger charge is 2.28. The summed E-state index contributed by atoms with van der Waals surface area (Å²) in [4.78, 5) is 15.7. The zero-order chi connectivity index (χ0) is 21.2. The number of benzene rings is 3. The molecule has 0 radical (unpaired) electrons. The van der Waals surface area contributed by atoms with Gasteiger partial charge >= 0.3 is 0 Å². The van der Waals surface area contributed by atoms with E-state index >= 15 is 0 Å². The molecule has 3 nitrogen and oxygen atoms in total. The Kier molecular flexibility index (Phi) is 5.33.